The minimum absolute atomic E-state index is 0.0140. The number of carbonyl (C=O) groups excluding carboxylic acids is 10. The number of amides is 9. The number of aliphatic hydroxyl groups is 2. The van der Waals surface area contributed by atoms with Crippen LogP contribution in [-0.4, -0.2) is 222 Å². The number of hydrogen-bond acceptors (Lipinski definition) is 17. The molecule has 6 N–H and O–H groups in total. The highest BCUT2D eigenvalue weighted by Gasteiger charge is 2.48. The van der Waals surface area contributed by atoms with Crippen LogP contribution in [0.4, 0.5) is 0 Å². The summed E-state index contributed by atoms with van der Waals surface area (Å²) in [5.74, 6) is -9.75. The summed E-state index contributed by atoms with van der Waals surface area (Å²) in [7, 11) is 8.55. The van der Waals surface area contributed by atoms with Crippen LogP contribution in [0.5, 0.6) is 17.2 Å². The van der Waals surface area contributed by atoms with E-state index in [9.17, 15) is 29.4 Å². The van der Waals surface area contributed by atoms with E-state index >= 15 is 28.8 Å². The van der Waals surface area contributed by atoms with E-state index in [-0.39, 0.29) is 73.0 Å². The predicted octanol–water partition coefficient (Wildman–Crippen LogP) is 2.40. The Balaban J connectivity index is 1.28. The second-order valence-corrected chi connectivity index (χ2v) is 25.5. The number of likely N-dealkylation sites (N-methyl/N-ethyl adjacent to an activating group) is 4. The Morgan fingerprint density at radius 3 is 1.90 bits per heavy atom. The van der Waals surface area contributed by atoms with Gasteiger partial charge in [-0.3, -0.25) is 48.1 Å². The predicted molar refractivity (Wildman–Crippen MR) is 339 cm³/mol. The second-order valence-electron chi connectivity index (χ2n) is 25.5. The Morgan fingerprint density at radius 2 is 1.31 bits per heavy atom. The van der Waals surface area contributed by atoms with Crippen molar-refractivity contribution in [2.75, 3.05) is 68.7 Å². The van der Waals surface area contributed by atoms with Gasteiger partial charge >= 0.3 is 5.97 Å². The number of rotatable bonds is 8. The Kier molecular flexibility index (Phi) is 22.6. The first kappa shape index (κ1) is 70.2. The summed E-state index contributed by atoms with van der Waals surface area (Å²) in [4.78, 5) is 158. The van der Waals surface area contributed by atoms with Gasteiger partial charge in [-0.2, -0.15) is 0 Å². The lowest BCUT2D eigenvalue weighted by Gasteiger charge is -2.37. The van der Waals surface area contributed by atoms with E-state index in [1.165, 1.54) is 79.1 Å². The summed E-state index contributed by atoms with van der Waals surface area (Å²) in [6, 6.07) is 7.94. The molecule has 6 heterocycles. The maximum absolute atomic E-state index is 15.5. The molecule has 6 aliphatic rings. The first-order chi connectivity index (χ1) is 44.1. The molecule has 4 saturated heterocycles. The van der Waals surface area contributed by atoms with Crippen LogP contribution in [0.25, 0.3) is 6.08 Å². The quantitative estimate of drug-likeness (QED) is 0.107. The van der Waals surface area contributed by atoms with E-state index in [1.54, 1.807) is 110 Å². The van der Waals surface area contributed by atoms with Crippen molar-refractivity contribution in [3.63, 3.8) is 0 Å². The Labute approximate surface area is 541 Å². The Hall–Kier alpha value is -8.72. The number of aliphatic hydroxyl groups excluding tert-OH is 2. The molecule has 0 aromatic heterocycles. The van der Waals surface area contributed by atoms with Crippen LogP contribution in [0, 0.1) is 17.8 Å². The van der Waals surface area contributed by atoms with Crippen LogP contribution in [0.2, 0.25) is 0 Å². The van der Waals surface area contributed by atoms with Gasteiger partial charge in [0.1, 0.15) is 83.8 Å². The molecule has 9 amide bonds. The largest absolute Gasteiger partial charge is 0.493 e. The van der Waals surface area contributed by atoms with Crippen molar-refractivity contribution in [1.82, 2.24) is 50.7 Å². The maximum Gasteiger partial charge on any atom is 0.355 e. The monoisotopic (exact) mass is 1290 g/mol. The zero-order chi connectivity index (χ0) is 68.0. The van der Waals surface area contributed by atoms with Gasteiger partial charge in [-0.15, -0.1) is 0 Å². The lowest BCUT2D eigenvalue weighted by atomic mass is 9.96. The molecule has 3 aromatic rings. The number of fused-ring (bicyclic) bond motifs is 4. The Morgan fingerprint density at radius 1 is 0.688 bits per heavy atom. The molecule has 0 aliphatic carbocycles. The minimum atomic E-state index is -1.91. The highest BCUT2D eigenvalue weighted by atomic mass is 16.6. The molecule has 11 atom stereocenters. The van der Waals surface area contributed by atoms with Gasteiger partial charge < -0.3 is 74.9 Å². The van der Waals surface area contributed by atoms with Crippen molar-refractivity contribution in [1.29, 1.82) is 0 Å². The van der Waals surface area contributed by atoms with E-state index < -0.39 is 156 Å². The van der Waals surface area contributed by atoms with Gasteiger partial charge in [-0.1, -0.05) is 90.1 Å². The number of methoxy groups -OCH3 is 1. The summed E-state index contributed by atoms with van der Waals surface area (Å²) >= 11 is 0. The zero-order valence-corrected chi connectivity index (χ0v) is 55.0. The average molecular weight is 1290 g/mol. The van der Waals surface area contributed by atoms with Crippen LogP contribution >= 0.6 is 0 Å². The highest BCUT2D eigenvalue weighted by molar-refractivity contribution is 6.04. The smallest absolute Gasteiger partial charge is 0.355 e. The van der Waals surface area contributed by atoms with Gasteiger partial charge in [0, 0.05) is 39.8 Å². The molecule has 502 valence electrons. The number of epoxide rings is 1. The number of benzene rings is 3. The molecular formula is C67H88N10O16. The molecule has 0 radical (unpaired) electrons. The van der Waals surface area contributed by atoms with Gasteiger partial charge in [-0.05, 0) is 111 Å². The van der Waals surface area contributed by atoms with Crippen molar-refractivity contribution in [2.24, 2.45) is 17.8 Å². The number of cyclic esters (lactones) is 1. The van der Waals surface area contributed by atoms with Crippen LogP contribution in [0.15, 0.2) is 89.8 Å². The first-order valence-electron chi connectivity index (χ1n) is 31.5. The molecule has 0 saturated carbocycles. The average Bonchev–Trinajstić information content (AvgIpc) is 1.81. The first-order valence-corrected chi connectivity index (χ1v) is 31.5. The fourth-order valence-electron chi connectivity index (χ4n) is 12.8. The van der Waals surface area contributed by atoms with Crippen LogP contribution in [0.3, 0.4) is 0 Å². The SMILES string of the molecule is COc1ccc2cc1Oc1ccc(cc1)/C=C1/C(=O)O[C@H](C)[C@H](N(C)C)C(=O)N[C@@H](C(C)C)C(=O)N[C@@H](c3ccccc3)C(=O)N3CCC[C@H]3C(=O)N(C)[C@@H](C(C)C)C(=O)N/C(=C(\CO)[C@@H]3CO3)C(=O)N3CCC[C@H]3C(=O)N[C@H](C(=O)N(C)[C@@H](C(C)C)C(=O)N1C)[C@@H]2O. The molecule has 6 aliphatic heterocycles. The number of hydrogen-bond donors (Lipinski definition) is 6. The van der Waals surface area contributed by atoms with E-state index in [0.717, 1.165) is 9.80 Å². The molecule has 0 spiro atoms. The highest BCUT2D eigenvalue weighted by Crippen LogP contribution is 2.37. The van der Waals surface area contributed by atoms with E-state index in [2.05, 4.69) is 21.3 Å². The van der Waals surface area contributed by atoms with Gasteiger partial charge in [0.2, 0.25) is 47.3 Å². The normalized spacial score (nSPS) is 28.2. The van der Waals surface area contributed by atoms with Gasteiger partial charge in [0.05, 0.1) is 20.3 Å². The number of ether oxygens (including phenoxy) is 4. The fraction of sp³-hybridized carbons (Fsp3) is 0.522. The lowest BCUT2D eigenvalue weighted by molar-refractivity contribution is -0.155. The third-order valence-corrected chi connectivity index (χ3v) is 17.8. The molecule has 26 nitrogen and oxygen atoms in total. The van der Waals surface area contributed by atoms with Crippen molar-refractivity contribution in [2.45, 2.75) is 141 Å². The van der Waals surface area contributed by atoms with Crippen molar-refractivity contribution in [3.05, 3.63) is 106 Å². The standard InChI is InChI=1S/C67H88N10O16/c1-35(2)50-59(81)69-51(40-19-15-14-16-20-40)64(86)77-30-18-22-45(77)62(84)74(11)54(36(3)4)60(82)70-52(43(33-78)49-34-91-49)65(87)76-29-17-21-44(76)58(80)71-53-57(79)41-25-28-47(90-13)48(32-41)93-42-26-23-39(24-27-42)31-46(67(89)92-38(7)56(72(8)9)61(83)68-50)73(10)66(88)55(37(5)6)75(12)63(53)85/h14-16,19-20,23-28,31-32,35-38,44-45,49-51,53-57,78-79H,17-18,21-22,29-30,33-34H2,1-13H3,(H,68,83)(H,69,81)(H,70,82)(H,71,80)/b46-31-,52-43+/t38-,44+,45+,49+,50+,51+,53+,54+,55+,56+,57-/m1/s1. The van der Waals surface area contributed by atoms with Crippen LogP contribution < -0.4 is 30.7 Å². The summed E-state index contributed by atoms with van der Waals surface area (Å²) in [6.45, 7) is 10.9. The molecule has 9 rings (SSSR count). The number of esters is 1. The Bertz CT molecular complexity index is 3390. The molecule has 93 heavy (non-hydrogen) atoms. The van der Waals surface area contributed by atoms with E-state index in [4.69, 9.17) is 18.9 Å². The van der Waals surface area contributed by atoms with Crippen LogP contribution in [0.1, 0.15) is 103 Å². The van der Waals surface area contributed by atoms with Crippen molar-refractivity contribution in [3.8, 4) is 17.2 Å². The minimum Gasteiger partial charge on any atom is -0.493 e. The third-order valence-electron chi connectivity index (χ3n) is 17.8. The number of nitrogens with one attached hydrogen (secondary N) is 4. The molecule has 3 aromatic carbocycles. The van der Waals surface area contributed by atoms with Crippen molar-refractivity contribution >= 4 is 65.2 Å². The van der Waals surface area contributed by atoms with Crippen LogP contribution in [-0.2, 0) is 57.4 Å². The van der Waals surface area contributed by atoms with Gasteiger partial charge in [0.25, 0.3) is 5.91 Å². The molecule has 4 fully saturated rings. The fourth-order valence-corrected chi connectivity index (χ4v) is 12.8. The lowest BCUT2D eigenvalue weighted by Crippen LogP contribution is -2.60. The molecular weight excluding hydrogens is 1200 g/mol. The summed E-state index contributed by atoms with van der Waals surface area (Å²) in [5, 5.41) is 34.6. The molecule has 26 heteroatoms. The van der Waals surface area contributed by atoms with Gasteiger partial charge in [-0.25, -0.2) is 4.79 Å². The third kappa shape index (κ3) is 15.4. The molecule has 6 bridgehead atoms. The van der Waals surface area contributed by atoms with E-state index in [0.29, 0.717) is 17.5 Å². The summed E-state index contributed by atoms with van der Waals surface area (Å²) in [5.41, 5.74) is 0.0205. The zero-order valence-electron chi connectivity index (χ0n) is 55.0. The summed E-state index contributed by atoms with van der Waals surface area (Å²) < 4.78 is 23.7. The van der Waals surface area contributed by atoms with Gasteiger partial charge in [0.15, 0.2) is 11.5 Å². The number of nitrogens with zero attached hydrogens (tertiary/aromatic N) is 6. The second kappa shape index (κ2) is 29.9. The topological polar surface area (TPSA) is 319 Å². The summed E-state index contributed by atoms with van der Waals surface area (Å²) in [6.07, 6.45) is -1.82. The van der Waals surface area contributed by atoms with Crippen molar-refractivity contribution < 1.29 is 77.1 Å². The van der Waals surface area contributed by atoms with E-state index in [1.807, 2.05) is 0 Å². The molecule has 0 unspecified atom stereocenters. The number of carbonyl (C=O) groups is 10. The maximum atomic E-state index is 15.5.